The van der Waals surface area contributed by atoms with Gasteiger partial charge in [0.05, 0.1) is 17.3 Å². The van der Waals surface area contributed by atoms with Gasteiger partial charge in [0.1, 0.15) is 5.01 Å². The summed E-state index contributed by atoms with van der Waals surface area (Å²) in [6, 6.07) is 10.1. The van der Waals surface area contributed by atoms with Gasteiger partial charge in [0.15, 0.2) is 0 Å². The number of nitrogens with one attached hydrogen (secondary N) is 1. The van der Waals surface area contributed by atoms with Crippen LogP contribution in [-0.4, -0.2) is 11.0 Å². The Morgan fingerprint density at radius 3 is 2.67 bits per heavy atom. The molecular formula is C14H15N3S. The molecule has 0 aliphatic heterocycles. The van der Waals surface area contributed by atoms with Crippen molar-refractivity contribution in [3.05, 3.63) is 40.2 Å². The third kappa shape index (κ3) is 3.16. The Balaban J connectivity index is 2.11. The average Bonchev–Trinajstić information content (AvgIpc) is 2.85. The largest absolute Gasteiger partial charge is 0.308 e. The van der Waals surface area contributed by atoms with Gasteiger partial charge in [0, 0.05) is 23.5 Å². The van der Waals surface area contributed by atoms with Crippen molar-refractivity contribution in [3.63, 3.8) is 0 Å². The molecule has 0 aliphatic carbocycles. The lowest BCUT2D eigenvalue weighted by molar-refractivity contribution is 0.587. The van der Waals surface area contributed by atoms with Crippen molar-refractivity contribution in [1.82, 2.24) is 10.3 Å². The number of thiazole rings is 1. The Morgan fingerprint density at radius 1 is 1.33 bits per heavy atom. The Morgan fingerprint density at radius 2 is 2.06 bits per heavy atom. The molecule has 1 aromatic carbocycles. The van der Waals surface area contributed by atoms with Crippen LogP contribution in [0, 0.1) is 11.3 Å². The van der Waals surface area contributed by atoms with E-state index in [4.69, 9.17) is 5.26 Å². The lowest BCUT2D eigenvalue weighted by atomic mass is 10.1. The highest BCUT2D eigenvalue weighted by Crippen LogP contribution is 2.22. The molecule has 0 atom stereocenters. The summed E-state index contributed by atoms with van der Waals surface area (Å²) in [7, 11) is 0. The summed E-state index contributed by atoms with van der Waals surface area (Å²) in [4.78, 5) is 4.58. The summed E-state index contributed by atoms with van der Waals surface area (Å²) in [6.45, 7) is 5.04. The smallest absolute Gasteiger partial charge is 0.107 e. The second-order valence-electron chi connectivity index (χ2n) is 4.35. The fraction of sp³-hybridized carbons (Fsp3) is 0.286. The van der Waals surface area contributed by atoms with Gasteiger partial charge < -0.3 is 5.32 Å². The van der Waals surface area contributed by atoms with Gasteiger partial charge in [-0.2, -0.15) is 5.26 Å². The van der Waals surface area contributed by atoms with Crippen molar-refractivity contribution in [3.8, 4) is 17.3 Å². The molecule has 0 amide bonds. The van der Waals surface area contributed by atoms with Gasteiger partial charge in [-0.15, -0.1) is 11.3 Å². The van der Waals surface area contributed by atoms with Crippen molar-refractivity contribution in [2.24, 2.45) is 0 Å². The number of nitriles is 1. The first-order valence-corrected chi connectivity index (χ1v) is 6.75. The van der Waals surface area contributed by atoms with Crippen LogP contribution in [0.25, 0.3) is 11.3 Å². The molecule has 92 valence electrons. The van der Waals surface area contributed by atoms with Crippen LogP contribution in [0.4, 0.5) is 0 Å². The molecule has 0 unspecified atom stereocenters. The molecule has 2 aromatic rings. The van der Waals surface area contributed by atoms with E-state index in [1.165, 1.54) is 0 Å². The zero-order valence-electron chi connectivity index (χ0n) is 10.5. The molecule has 3 nitrogen and oxygen atoms in total. The standard InChI is InChI=1S/C14H15N3S/c1-10(2)16-8-14-17-13(9-18-14)12-5-3-11(7-15)4-6-12/h3-6,9-10,16H,8H2,1-2H3. The van der Waals surface area contributed by atoms with E-state index in [1.54, 1.807) is 11.3 Å². The number of hydrogen-bond donors (Lipinski definition) is 1. The minimum atomic E-state index is 0.465. The van der Waals surface area contributed by atoms with Crippen LogP contribution < -0.4 is 5.32 Å². The monoisotopic (exact) mass is 257 g/mol. The second kappa shape index (κ2) is 5.76. The molecule has 0 fully saturated rings. The molecule has 18 heavy (non-hydrogen) atoms. The summed E-state index contributed by atoms with van der Waals surface area (Å²) in [5, 5.41) is 15.2. The van der Waals surface area contributed by atoms with E-state index in [0.29, 0.717) is 11.6 Å². The molecule has 4 heteroatoms. The normalized spacial score (nSPS) is 10.6. The van der Waals surface area contributed by atoms with Crippen LogP contribution in [-0.2, 0) is 6.54 Å². The molecule has 0 saturated heterocycles. The fourth-order valence-corrected chi connectivity index (χ4v) is 2.29. The third-order valence-corrected chi connectivity index (χ3v) is 3.37. The van der Waals surface area contributed by atoms with Crippen LogP contribution in [0.3, 0.4) is 0 Å². The van der Waals surface area contributed by atoms with E-state index < -0.39 is 0 Å². The van der Waals surface area contributed by atoms with Gasteiger partial charge in [0.25, 0.3) is 0 Å². The van der Waals surface area contributed by atoms with Crippen molar-refractivity contribution >= 4 is 11.3 Å². The van der Waals surface area contributed by atoms with Gasteiger partial charge in [-0.05, 0) is 12.1 Å². The van der Waals surface area contributed by atoms with Crippen molar-refractivity contribution < 1.29 is 0 Å². The van der Waals surface area contributed by atoms with Gasteiger partial charge in [-0.3, -0.25) is 0 Å². The van der Waals surface area contributed by atoms with Crippen LogP contribution >= 0.6 is 11.3 Å². The number of benzene rings is 1. The number of nitrogens with zero attached hydrogens (tertiary/aromatic N) is 2. The zero-order valence-corrected chi connectivity index (χ0v) is 11.3. The van der Waals surface area contributed by atoms with Gasteiger partial charge >= 0.3 is 0 Å². The molecule has 2 rings (SSSR count). The topological polar surface area (TPSA) is 48.7 Å². The average molecular weight is 257 g/mol. The van der Waals surface area contributed by atoms with Crippen molar-refractivity contribution in [2.45, 2.75) is 26.4 Å². The maximum Gasteiger partial charge on any atom is 0.107 e. The Bertz CT molecular complexity index is 549. The summed E-state index contributed by atoms with van der Waals surface area (Å²) in [5.41, 5.74) is 2.71. The summed E-state index contributed by atoms with van der Waals surface area (Å²) < 4.78 is 0. The minimum Gasteiger partial charge on any atom is -0.308 e. The van der Waals surface area contributed by atoms with Gasteiger partial charge in [-0.1, -0.05) is 26.0 Å². The Hall–Kier alpha value is -1.70. The van der Waals surface area contributed by atoms with E-state index >= 15 is 0 Å². The van der Waals surface area contributed by atoms with Crippen molar-refractivity contribution in [2.75, 3.05) is 0 Å². The Labute approximate surface area is 111 Å². The molecule has 1 aromatic heterocycles. The maximum atomic E-state index is 8.75. The number of aromatic nitrogens is 1. The molecule has 0 spiro atoms. The highest BCUT2D eigenvalue weighted by atomic mass is 32.1. The predicted molar refractivity (Wildman–Crippen MR) is 74.2 cm³/mol. The highest BCUT2D eigenvalue weighted by molar-refractivity contribution is 7.09. The van der Waals surface area contributed by atoms with E-state index in [9.17, 15) is 0 Å². The second-order valence-corrected chi connectivity index (χ2v) is 5.29. The van der Waals surface area contributed by atoms with E-state index in [2.05, 4.69) is 35.6 Å². The SMILES string of the molecule is CC(C)NCc1nc(-c2ccc(C#N)cc2)cs1. The first-order valence-electron chi connectivity index (χ1n) is 5.87. The van der Waals surface area contributed by atoms with E-state index in [-0.39, 0.29) is 0 Å². The van der Waals surface area contributed by atoms with Gasteiger partial charge in [0.2, 0.25) is 0 Å². The molecular weight excluding hydrogens is 242 g/mol. The fourth-order valence-electron chi connectivity index (χ4n) is 1.53. The Kier molecular flexibility index (Phi) is 4.08. The lowest BCUT2D eigenvalue weighted by Gasteiger charge is -2.04. The summed E-state index contributed by atoms with van der Waals surface area (Å²) in [6.07, 6.45) is 0. The predicted octanol–water partition coefficient (Wildman–Crippen LogP) is 3.18. The minimum absolute atomic E-state index is 0.465. The molecule has 1 heterocycles. The molecule has 1 N–H and O–H groups in total. The van der Waals surface area contributed by atoms with Crippen LogP contribution in [0.5, 0.6) is 0 Å². The first-order chi connectivity index (χ1) is 8.69. The first kappa shape index (κ1) is 12.7. The van der Waals surface area contributed by atoms with Gasteiger partial charge in [-0.25, -0.2) is 4.98 Å². The number of rotatable bonds is 4. The summed E-state index contributed by atoms with van der Waals surface area (Å²) in [5.74, 6) is 0. The van der Waals surface area contributed by atoms with E-state index in [0.717, 1.165) is 22.8 Å². The lowest BCUT2D eigenvalue weighted by Crippen LogP contribution is -2.21. The molecule has 0 saturated carbocycles. The molecule has 0 radical (unpaired) electrons. The van der Waals surface area contributed by atoms with E-state index in [1.807, 2.05) is 24.3 Å². The van der Waals surface area contributed by atoms with Crippen LogP contribution in [0.2, 0.25) is 0 Å². The number of hydrogen-bond acceptors (Lipinski definition) is 4. The highest BCUT2D eigenvalue weighted by Gasteiger charge is 2.05. The summed E-state index contributed by atoms with van der Waals surface area (Å²) >= 11 is 1.66. The molecule has 0 bridgehead atoms. The maximum absolute atomic E-state index is 8.75. The molecule has 0 aliphatic rings. The van der Waals surface area contributed by atoms with Crippen molar-refractivity contribution in [1.29, 1.82) is 5.26 Å². The van der Waals surface area contributed by atoms with Crippen LogP contribution in [0.1, 0.15) is 24.4 Å². The third-order valence-electron chi connectivity index (χ3n) is 2.52. The van der Waals surface area contributed by atoms with Crippen LogP contribution in [0.15, 0.2) is 29.6 Å². The zero-order chi connectivity index (χ0) is 13.0. The quantitative estimate of drug-likeness (QED) is 0.915.